The smallest absolute Gasteiger partial charge is 0.134 e. The minimum atomic E-state index is 0.555. The van der Waals surface area contributed by atoms with Crippen molar-refractivity contribution in [3.05, 3.63) is 27.5 Å². The molecule has 0 fully saturated rings. The van der Waals surface area contributed by atoms with Gasteiger partial charge in [-0.3, -0.25) is 0 Å². The van der Waals surface area contributed by atoms with E-state index in [0.29, 0.717) is 5.82 Å². The Hall–Kier alpha value is -1.69. The molecule has 0 saturated carbocycles. The first-order valence-corrected chi connectivity index (χ1v) is 7.26. The van der Waals surface area contributed by atoms with Gasteiger partial charge in [0.05, 0.1) is 5.01 Å². The molecule has 5 nitrogen and oxygen atoms in total. The predicted octanol–water partition coefficient (Wildman–Crippen LogP) is 2.35. The van der Waals surface area contributed by atoms with Gasteiger partial charge in [-0.25, -0.2) is 15.0 Å². The minimum Gasteiger partial charge on any atom is -0.383 e. The molecule has 0 radical (unpaired) electrons. The van der Waals surface area contributed by atoms with Crippen LogP contribution < -0.4 is 11.1 Å². The zero-order valence-corrected chi connectivity index (χ0v) is 12.3. The predicted molar refractivity (Wildman–Crippen MR) is 79.6 cm³/mol. The number of thiazole rings is 1. The molecule has 0 bridgehead atoms. The number of nitrogens with one attached hydrogen (secondary N) is 1. The second-order valence-electron chi connectivity index (χ2n) is 4.41. The highest BCUT2D eigenvalue weighted by Crippen LogP contribution is 2.17. The summed E-state index contributed by atoms with van der Waals surface area (Å²) in [7, 11) is 0. The Morgan fingerprint density at radius 3 is 2.68 bits per heavy atom. The summed E-state index contributed by atoms with van der Waals surface area (Å²) in [6.07, 6.45) is 1.67. The van der Waals surface area contributed by atoms with Crippen molar-refractivity contribution in [2.75, 3.05) is 17.6 Å². The SMILES string of the molecule is CCc1nc(N)c(C)c(NCCc2nc(C)cs2)n1. The number of nitrogens with two attached hydrogens (primary N) is 1. The van der Waals surface area contributed by atoms with E-state index in [1.54, 1.807) is 11.3 Å². The average Bonchev–Trinajstić information content (AvgIpc) is 2.80. The van der Waals surface area contributed by atoms with Gasteiger partial charge in [-0.05, 0) is 13.8 Å². The Labute approximate surface area is 117 Å². The Morgan fingerprint density at radius 2 is 2.05 bits per heavy atom. The number of nitrogens with zero attached hydrogens (tertiary/aromatic N) is 3. The lowest BCUT2D eigenvalue weighted by atomic mass is 10.3. The molecule has 2 rings (SSSR count). The van der Waals surface area contributed by atoms with Crippen LogP contribution in [0.4, 0.5) is 11.6 Å². The zero-order chi connectivity index (χ0) is 13.8. The highest BCUT2D eigenvalue weighted by molar-refractivity contribution is 7.09. The van der Waals surface area contributed by atoms with Gasteiger partial charge in [-0.1, -0.05) is 6.92 Å². The van der Waals surface area contributed by atoms with Crippen molar-refractivity contribution in [3.63, 3.8) is 0 Å². The highest BCUT2D eigenvalue weighted by Gasteiger charge is 2.07. The molecular weight excluding hydrogens is 258 g/mol. The summed E-state index contributed by atoms with van der Waals surface area (Å²) in [5.41, 5.74) is 7.87. The molecule has 6 heteroatoms. The molecule has 0 atom stereocenters. The third kappa shape index (κ3) is 3.41. The summed E-state index contributed by atoms with van der Waals surface area (Å²) in [6.45, 7) is 6.76. The van der Waals surface area contributed by atoms with Gasteiger partial charge in [-0.15, -0.1) is 11.3 Å². The zero-order valence-electron chi connectivity index (χ0n) is 11.5. The third-order valence-electron chi connectivity index (χ3n) is 2.84. The minimum absolute atomic E-state index is 0.555. The van der Waals surface area contributed by atoms with Gasteiger partial charge >= 0.3 is 0 Å². The Balaban J connectivity index is 2.01. The molecule has 102 valence electrons. The molecule has 3 N–H and O–H groups in total. The summed E-state index contributed by atoms with van der Waals surface area (Å²) >= 11 is 1.69. The van der Waals surface area contributed by atoms with Crippen molar-refractivity contribution in [2.24, 2.45) is 0 Å². The summed E-state index contributed by atoms with van der Waals surface area (Å²) in [5.74, 6) is 2.16. The number of anilines is 2. The fourth-order valence-electron chi connectivity index (χ4n) is 1.72. The number of nitrogen functional groups attached to an aromatic ring is 1. The number of rotatable bonds is 5. The Kier molecular flexibility index (Phi) is 4.31. The van der Waals surface area contributed by atoms with E-state index < -0.39 is 0 Å². The van der Waals surface area contributed by atoms with E-state index in [9.17, 15) is 0 Å². The molecule has 0 aromatic carbocycles. The molecule has 0 amide bonds. The third-order valence-corrected chi connectivity index (χ3v) is 3.87. The summed E-state index contributed by atoms with van der Waals surface area (Å²) < 4.78 is 0. The lowest BCUT2D eigenvalue weighted by molar-refractivity contribution is 0.917. The van der Waals surface area contributed by atoms with Crippen molar-refractivity contribution in [2.45, 2.75) is 33.6 Å². The maximum Gasteiger partial charge on any atom is 0.134 e. The highest BCUT2D eigenvalue weighted by atomic mass is 32.1. The first-order valence-electron chi connectivity index (χ1n) is 6.38. The lowest BCUT2D eigenvalue weighted by Gasteiger charge is -2.10. The van der Waals surface area contributed by atoms with Crippen molar-refractivity contribution in [3.8, 4) is 0 Å². The van der Waals surface area contributed by atoms with Crippen LogP contribution in [0.5, 0.6) is 0 Å². The van der Waals surface area contributed by atoms with Crippen LogP contribution >= 0.6 is 11.3 Å². The fourth-order valence-corrected chi connectivity index (χ4v) is 2.49. The second-order valence-corrected chi connectivity index (χ2v) is 5.35. The molecule has 0 aliphatic carbocycles. The standard InChI is InChI=1S/C13H19N5S/c1-4-10-17-12(14)9(3)13(18-10)15-6-5-11-16-8(2)7-19-11/h7H,4-6H2,1-3H3,(H3,14,15,17,18). The van der Waals surface area contributed by atoms with Crippen molar-refractivity contribution in [1.82, 2.24) is 15.0 Å². The first-order chi connectivity index (χ1) is 9.10. The number of aryl methyl sites for hydroxylation is 2. The van der Waals surface area contributed by atoms with Gasteiger partial charge in [0.2, 0.25) is 0 Å². The van der Waals surface area contributed by atoms with E-state index in [0.717, 1.165) is 47.3 Å². The molecule has 19 heavy (non-hydrogen) atoms. The van der Waals surface area contributed by atoms with Gasteiger partial charge in [0.1, 0.15) is 17.5 Å². The van der Waals surface area contributed by atoms with Crippen LogP contribution in [-0.4, -0.2) is 21.5 Å². The molecule has 0 saturated heterocycles. The largest absolute Gasteiger partial charge is 0.383 e. The Bertz CT molecular complexity index is 564. The van der Waals surface area contributed by atoms with Crippen LogP contribution in [0.25, 0.3) is 0 Å². The van der Waals surface area contributed by atoms with Crippen LogP contribution in [0.2, 0.25) is 0 Å². The van der Waals surface area contributed by atoms with E-state index >= 15 is 0 Å². The molecular formula is C13H19N5S. The quantitative estimate of drug-likeness (QED) is 0.877. The molecule has 0 spiro atoms. The van der Waals surface area contributed by atoms with Gasteiger partial charge in [0.15, 0.2) is 0 Å². The van der Waals surface area contributed by atoms with Crippen LogP contribution in [0.1, 0.15) is 29.0 Å². The van der Waals surface area contributed by atoms with Crippen LogP contribution in [0.3, 0.4) is 0 Å². The topological polar surface area (TPSA) is 76.7 Å². The van der Waals surface area contributed by atoms with Gasteiger partial charge in [0, 0.05) is 36.0 Å². The maximum atomic E-state index is 5.88. The monoisotopic (exact) mass is 277 g/mol. The second kappa shape index (κ2) is 5.97. The Morgan fingerprint density at radius 1 is 1.26 bits per heavy atom. The van der Waals surface area contributed by atoms with Crippen molar-refractivity contribution in [1.29, 1.82) is 0 Å². The van der Waals surface area contributed by atoms with Crippen LogP contribution in [-0.2, 0) is 12.8 Å². The number of hydrogen-bond acceptors (Lipinski definition) is 6. The maximum absolute atomic E-state index is 5.88. The molecule has 0 aliphatic heterocycles. The molecule has 0 aliphatic rings. The van der Waals surface area contributed by atoms with Crippen molar-refractivity contribution >= 4 is 23.0 Å². The van der Waals surface area contributed by atoms with E-state index in [4.69, 9.17) is 5.73 Å². The number of hydrogen-bond donors (Lipinski definition) is 2. The number of aromatic nitrogens is 3. The lowest BCUT2D eigenvalue weighted by Crippen LogP contribution is -2.11. The fraction of sp³-hybridized carbons (Fsp3) is 0.462. The first kappa shape index (κ1) is 13.7. The normalized spacial score (nSPS) is 10.7. The molecule has 0 unspecified atom stereocenters. The summed E-state index contributed by atoms with van der Waals surface area (Å²) in [6, 6.07) is 0. The van der Waals surface area contributed by atoms with E-state index in [1.165, 1.54) is 0 Å². The molecule has 2 heterocycles. The van der Waals surface area contributed by atoms with Gasteiger partial charge in [0.25, 0.3) is 0 Å². The van der Waals surface area contributed by atoms with Crippen LogP contribution in [0.15, 0.2) is 5.38 Å². The average molecular weight is 277 g/mol. The van der Waals surface area contributed by atoms with Gasteiger partial charge in [-0.2, -0.15) is 0 Å². The van der Waals surface area contributed by atoms with Crippen LogP contribution in [0, 0.1) is 13.8 Å². The van der Waals surface area contributed by atoms with E-state index in [2.05, 4.69) is 25.6 Å². The summed E-state index contributed by atoms with van der Waals surface area (Å²) in [5, 5.41) is 6.53. The van der Waals surface area contributed by atoms with E-state index in [-0.39, 0.29) is 0 Å². The molecule has 2 aromatic rings. The molecule has 2 aromatic heterocycles. The van der Waals surface area contributed by atoms with E-state index in [1.807, 2.05) is 20.8 Å². The van der Waals surface area contributed by atoms with Gasteiger partial charge < -0.3 is 11.1 Å². The van der Waals surface area contributed by atoms with Crippen molar-refractivity contribution < 1.29 is 0 Å². The summed E-state index contributed by atoms with van der Waals surface area (Å²) in [4.78, 5) is 13.1.